The Morgan fingerprint density at radius 1 is 1.50 bits per heavy atom. The molecule has 0 saturated carbocycles. The van der Waals surface area contributed by atoms with Gasteiger partial charge in [0.2, 0.25) is 0 Å². The Morgan fingerprint density at radius 2 is 2.44 bits per heavy atom. The van der Waals surface area contributed by atoms with Crippen LogP contribution in [0.5, 0.6) is 0 Å². The number of aromatic nitrogens is 2. The van der Waals surface area contributed by atoms with E-state index < -0.39 is 0 Å². The molecule has 0 radical (unpaired) electrons. The van der Waals surface area contributed by atoms with Crippen molar-refractivity contribution in [2.45, 2.75) is 37.6 Å². The van der Waals surface area contributed by atoms with Gasteiger partial charge >= 0.3 is 0 Å². The Labute approximate surface area is 95.7 Å². The van der Waals surface area contributed by atoms with Crippen molar-refractivity contribution in [2.75, 3.05) is 19.7 Å². The molecule has 0 amide bonds. The second-order valence-corrected chi connectivity index (χ2v) is 4.90. The largest absolute Gasteiger partial charge is 0.394 e. The molecule has 1 saturated heterocycles. The smallest absolute Gasteiger partial charge is 0.113 e. The minimum atomic E-state index is 0.247. The van der Waals surface area contributed by atoms with Gasteiger partial charge in [0.1, 0.15) is 5.82 Å². The summed E-state index contributed by atoms with van der Waals surface area (Å²) < 4.78 is 2.31. The molecule has 16 heavy (non-hydrogen) atoms. The topological polar surface area (TPSA) is 50.1 Å². The Kier molecular flexibility index (Phi) is 2.69. The fourth-order valence-electron chi connectivity index (χ4n) is 3.02. The minimum absolute atomic E-state index is 0.247. The van der Waals surface area contributed by atoms with Crippen molar-refractivity contribution in [3.05, 3.63) is 17.7 Å². The van der Waals surface area contributed by atoms with Crippen molar-refractivity contribution in [1.82, 2.24) is 14.9 Å². The summed E-state index contributed by atoms with van der Waals surface area (Å²) >= 11 is 0. The van der Waals surface area contributed by atoms with Crippen molar-refractivity contribution in [2.24, 2.45) is 0 Å². The van der Waals surface area contributed by atoms with Crippen LogP contribution in [-0.2, 0) is 6.42 Å². The minimum Gasteiger partial charge on any atom is -0.394 e. The van der Waals surface area contributed by atoms with E-state index in [1.54, 1.807) is 0 Å². The van der Waals surface area contributed by atoms with E-state index in [0.29, 0.717) is 5.92 Å². The van der Waals surface area contributed by atoms with E-state index >= 15 is 0 Å². The molecular formula is C12H19N3O. The van der Waals surface area contributed by atoms with Crippen LogP contribution in [0, 0.1) is 0 Å². The molecule has 2 aliphatic heterocycles. The monoisotopic (exact) mass is 221 g/mol. The Morgan fingerprint density at radius 3 is 3.19 bits per heavy atom. The van der Waals surface area contributed by atoms with Gasteiger partial charge in [-0.25, -0.2) is 4.98 Å². The zero-order chi connectivity index (χ0) is 11.0. The molecule has 2 unspecified atom stereocenters. The average molecular weight is 221 g/mol. The van der Waals surface area contributed by atoms with Gasteiger partial charge in [-0.15, -0.1) is 0 Å². The molecule has 3 rings (SSSR count). The molecule has 88 valence electrons. The molecule has 0 aromatic carbocycles. The number of nitrogens with zero attached hydrogens (tertiary/aromatic N) is 2. The average Bonchev–Trinajstić information content (AvgIpc) is 2.96. The van der Waals surface area contributed by atoms with Crippen LogP contribution in [0.15, 0.2) is 6.20 Å². The first kappa shape index (κ1) is 10.3. The second-order valence-electron chi connectivity index (χ2n) is 4.90. The van der Waals surface area contributed by atoms with Gasteiger partial charge in [-0.2, -0.15) is 0 Å². The highest BCUT2D eigenvalue weighted by Gasteiger charge is 2.28. The number of aliphatic hydroxyl groups is 1. The molecule has 0 spiro atoms. The van der Waals surface area contributed by atoms with Crippen molar-refractivity contribution in [3.63, 3.8) is 0 Å². The molecule has 1 fully saturated rings. The lowest BCUT2D eigenvalue weighted by Gasteiger charge is -2.27. The van der Waals surface area contributed by atoms with Crippen molar-refractivity contribution < 1.29 is 5.11 Å². The third-order valence-electron chi connectivity index (χ3n) is 3.87. The zero-order valence-corrected chi connectivity index (χ0v) is 9.52. The van der Waals surface area contributed by atoms with E-state index in [4.69, 9.17) is 0 Å². The van der Waals surface area contributed by atoms with Crippen LogP contribution in [0.2, 0.25) is 0 Å². The van der Waals surface area contributed by atoms with Gasteiger partial charge in [-0.05, 0) is 32.2 Å². The van der Waals surface area contributed by atoms with Crippen LogP contribution in [0.1, 0.15) is 42.7 Å². The van der Waals surface area contributed by atoms with Crippen LogP contribution in [0.4, 0.5) is 0 Å². The summed E-state index contributed by atoms with van der Waals surface area (Å²) in [4.78, 5) is 4.59. The number of fused-ring (bicyclic) bond motifs is 1. The van der Waals surface area contributed by atoms with Gasteiger partial charge in [0.25, 0.3) is 0 Å². The standard InChI is InChI=1S/C12H19N3O/c16-8-11-3-1-2-10-7-14-12(15(10)11)9-4-5-13-6-9/h7,9,11,13,16H,1-6,8H2. The van der Waals surface area contributed by atoms with Crippen LogP contribution >= 0.6 is 0 Å². The van der Waals surface area contributed by atoms with Crippen molar-refractivity contribution >= 4 is 0 Å². The Balaban J connectivity index is 1.96. The van der Waals surface area contributed by atoms with Gasteiger partial charge < -0.3 is 15.0 Å². The first-order valence-electron chi connectivity index (χ1n) is 6.27. The third-order valence-corrected chi connectivity index (χ3v) is 3.87. The lowest BCUT2D eigenvalue weighted by molar-refractivity contribution is 0.203. The summed E-state index contributed by atoms with van der Waals surface area (Å²) in [6.45, 7) is 2.38. The first-order valence-corrected chi connectivity index (χ1v) is 6.27. The summed E-state index contributed by atoms with van der Waals surface area (Å²) in [5.41, 5.74) is 1.31. The highest BCUT2D eigenvalue weighted by molar-refractivity contribution is 5.15. The number of nitrogens with one attached hydrogen (secondary N) is 1. The predicted octanol–water partition coefficient (Wildman–Crippen LogP) is 0.830. The first-order chi connectivity index (χ1) is 7.90. The number of hydrogen-bond acceptors (Lipinski definition) is 3. The normalized spacial score (nSPS) is 29.3. The van der Waals surface area contributed by atoms with E-state index in [2.05, 4.69) is 14.9 Å². The molecule has 3 heterocycles. The number of aryl methyl sites for hydroxylation is 1. The van der Waals surface area contributed by atoms with E-state index in [9.17, 15) is 5.11 Å². The van der Waals surface area contributed by atoms with Crippen LogP contribution < -0.4 is 5.32 Å². The van der Waals surface area contributed by atoms with Crippen LogP contribution in [0.3, 0.4) is 0 Å². The van der Waals surface area contributed by atoms with Gasteiger partial charge in [0.15, 0.2) is 0 Å². The summed E-state index contributed by atoms with van der Waals surface area (Å²) in [6.07, 6.45) is 6.57. The number of aliphatic hydroxyl groups excluding tert-OH is 1. The quantitative estimate of drug-likeness (QED) is 0.777. The van der Waals surface area contributed by atoms with Gasteiger partial charge in [-0.3, -0.25) is 0 Å². The lowest BCUT2D eigenvalue weighted by Crippen LogP contribution is -2.24. The fourth-order valence-corrected chi connectivity index (χ4v) is 3.02. The maximum Gasteiger partial charge on any atom is 0.113 e. The highest BCUT2D eigenvalue weighted by Crippen LogP contribution is 2.31. The summed E-state index contributed by atoms with van der Waals surface area (Å²) in [5.74, 6) is 1.74. The maximum absolute atomic E-state index is 9.46. The molecule has 2 aliphatic rings. The summed E-state index contributed by atoms with van der Waals surface area (Å²) in [7, 11) is 0. The highest BCUT2D eigenvalue weighted by atomic mass is 16.3. The fraction of sp³-hybridized carbons (Fsp3) is 0.750. The molecule has 2 N–H and O–H groups in total. The molecule has 4 nitrogen and oxygen atoms in total. The molecule has 1 aromatic heterocycles. The second kappa shape index (κ2) is 4.18. The van der Waals surface area contributed by atoms with Crippen molar-refractivity contribution in [1.29, 1.82) is 0 Å². The molecule has 1 aromatic rings. The number of rotatable bonds is 2. The number of hydrogen-bond donors (Lipinski definition) is 2. The number of imidazole rings is 1. The zero-order valence-electron chi connectivity index (χ0n) is 9.52. The van der Waals surface area contributed by atoms with Crippen LogP contribution in [0.25, 0.3) is 0 Å². The predicted molar refractivity (Wildman–Crippen MR) is 61.5 cm³/mol. The molecule has 4 heteroatoms. The SMILES string of the molecule is OCC1CCCc2cnc(C3CCNC3)n21. The van der Waals surface area contributed by atoms with E-state index in [1.165, 1.54) is 24.4 Å². The molecule has 0 aliphatic carbocycles. The van der Waals surface area contributed by atoms with E-state index in [1.807, 2.05) is 6.20 Å². The van der Waals surface area contributed by atoms with Gasteiger partial charge in [0, 0.05) is 24.4 Å². The summed E-state index contributed by atoms with van der Waals surface area (Å²) in [6, 6.07) is 0.266. The van der Waals surface area contributed by atoms with Gasteiger partial charge in [0.05, 0.1) is 12.6 Å². The molecule has 0 bridgehead atoms. The summed E-state index contributed by atoms with van der Waals surface area (Å²) in [5, 5.41) is 12.8. The van der Waals surface area contributed by atoms with Crippen LogP contribution in [-0.4, -0.2) is 34.4 Å². The Bertz CT molecular complexity index is 368. The third kappa shape index (κ3) is 1.57. The van der Waals surface area contributed by atoms with E-state index in [-0.39, 0.29) is 12.6 Å². The molecular weight excluding hydrogens is 202 g/mol. The van der Waals surface area contributed by atoms with Crippen molar-refractivity contribution in [3.8, 4) is 0 Å². The lowest BCUT2D eigenvalue weighted by atomic mass is 10.0. The molecule has 2 atom stereocenters. The maximum atomic E-state index is 9.46. The van der Waals surface area contributed by atoms with Gasteiger partial charge in [-0.1, -0.05) is 0 Å². The van der Waals surface area contributed by atoms with E-state index in [0.717, 1.165) is 25.9 Å². The Hall–Kier alpha value is -0.870.